The summed E-state index contributed by atoms with van der Waals surface area (Å²) in [7, 11) is 0. The maximum atomic E-state index is 6.20. The molecule has 1 fully saturated rings. The largest absolute Gasteiger partial charge is 0.373 e. The molecule has 0 bridgehead atoms. The Bertz CT molecular complexity index is 851. The van der Waals surface area contributed by atoms with Gasteiger partial charge in [0.1, 0.15) is 0 Å². The Kier molecular flexibility index (Phi) is 5.60. The van der Waals surface area contributed by atoms with Gasteiger partial charge in [-0.2, -0.15) is 5.10 Å². The van der Waals surface area contributed by atoms with Crippen LogP contribution in [0.5, 0.6) is 0 Å². The third-order valence-electron chi connectivity index (χ3n) is 5.31. The molecule has 0 radical (unpaired) electrons. The van der Waals surface area contributed by atoms with Gasteiger partial charge >= 0.3 is 0 Å². The Morgan fingerprint density at radius 1 is 1.15 bits per heavy atom. The molecule has 0 N–H and O–H groups in total. The molecule has 0 amide bonds. The summed E-state index contributed by atoms with van der Waals surface area (Å²) in [5.74, 6) is 0. The van der Waals surface area contributed by atoms with Gasteiger partial charge in [0, 0.05) is 25.2 Å². The number of ether oxygens (including phenoxy) is 1. The molecule has 1 aromatic carbocycles. The summed E-state index contributed by atoms with van der Waals surface area (Å²) in [6.07, 6.45) is 8.24. The molecule has 0 saturated carbocycles. The zero-order valence-electron chi connectivity index (χ0n) is 15.8. The highest BCUT2D eigenvalue weighted by atomic mass is 35.5. The van der Waals surface area contributed by atoms with E-state index >= 15 is 0 Å². The van der Waals surface area contributed by atoms with Gasteiger partial charge in [-0.3, -0.25) is 4.90 Å². The van der Waals surface area contributed by atoms with Crippen molar-refractivity contribution in [3.63, 3.8) is 0 Å². The number of rotatable bonds is 3. The van der Waals surface area contributed by atoms with E-state index in [0.29, 0.717) is 22.3 Å². The number of allylic oxidation sites excluding steroid dienone is 1. The zero-order chi connectivity index (χ0) is 19.0. The third-order valence-corrected chi connectivity index (χ3v) is 6.05. The fourth-order valence-corrected chi connectivity index (χ4v) is 4.48. The van der Waals surface area contributed by atoms with Crippen molar-refractivity contribution in [3.05, 3.63) is 51.8 Å². The molecule has 1 aliphatic carbocycles. The first-order valence-corrected chi connectivity index (χ1v) is 10.4. The molecule has 0 spiro atoms. The number of fused-ring (bicyclic) bond motifs is 1. The van der Waals surface area contributed by atoms with Gasteiger partial charge in [0.25, 0.3) is 0 Å². The molecule has 1 aromatic heterocycles. The average Bonchev–Trinajstić information content (AvgIpc) is 3.06. The van der Waals surface area contributed by atoms with E-state index in [4.69, 9.17) is 27.9 Å². The van der Waals surface area contributed by atoms with Crippen LogP contribution < -0.4 is 0 Å². The second-order valence-corrected chi connectivity index (χ2v) is 8.39. The quantitative estimate of drug-likeness (QED) is 0.718. The lowest BCUT2D eigenvalue weighted by atomic mass is 9.92. The first-order valence-electron chi connectivity index (χ1n) is 9.61. The van der Waals surface area contributed by atoms with Crippen LogP contribution in [-0.4, -0.2) is 46.5 Å². The summed E-state index contributed by atoms with van der Waals surface area (Å²) < 4.78 is 7.84. The lowest BCUT2D eigenvalue weighted by molar-refractivity contribution is -0.0646. The van der Waals surface area contributed by atoms with Gasteiger partial charge in [-0.15, -0.1) is 0 Å². The van der Waals surface area contributed by atoms with E-state index in [-0.39, 0.29) is 0 Å². The maximum absolute atomic E-state index is 6.20. The molecule has 1 aliphatic heterocycles. The SMILES string of the molecule is C[C@@H]1CN(C/C=C2\CCCc3c2cnn3-c2ccc(Cl)c(Cl)c2)C[C@H](C)O1. The Morgan fingerprint density at radius 3 is 2.67 bits per heavy atom. The van der Waals surface area contributed by atoms with Gasteiger partial charge in [-0.25, -0.2) is 4.68 Å². The summed E-state index contributed by atoms with van der Waals surface area (Å²) in [4.78, 5) is 2.48. The monoisotopic (exact) mass is 405 g/mol. The fourth-order valence-electron chi connectivity index (χ4n) is 4.19. The second kappa shape index (κ2) is 7.96. The molecule has 2 aliphatic rings. The van der Waals surface area contributed by atoms with Crippen molar-refractivity contribution in [1.82, 2.24) is 14.7 Å². The van der Waals surface area contributed by atoms with Crippen molar-refractivity contribution in [2.75, 3.05) is 19.6 Å². The smallest absolute Gasteiger partial charge is 0.0678 e. The summed E-state index contributed by atoms with van der Waals surface area (Å²) >= 11 is 12.3. The van der Waals surface area contributed by atoms with Crippen LogP contribution in [0.15, 0.2) is 30.5 Å². The molecule has 0 unspecified atom stereocenters. The first kappa shape index (κ1) is 19.0. The second-order valence-electron chi connectivity index (χ2n) is 7.57. The molecule has 4 nitrogen and oxygen atoms in total. The number of aromatic nitrogens is 2. The normalized spacial score (nSPS) is 25.0. The Balaban J connectivity index is 1.57. The van der Waals surface area contributed by atoms with E-state index < -0.39 is 0 Å². The van der Waals surface area contributed by atoms with Crippen molar-refractivity contribution >= 4 is 28.8 Å². The van der Waals surface area contributed by atoms with E-state index in [0.717, 1.165) is 44.6 Å². The number of morpholine rings is 1. The minimum atomic E-state index is 0.298. The predicted molar refractivity (Wildman–Crippen MR) is 111 cm³/mol. The Hall–Kier alpha value is -1.33. The summed E-state index contributed by atoms with van der Waals surface area (Å²) in [5, 5.41) is 5.77. The van der Waals surface area contributed by atoms with Gasteiger partial charge < -0.3 is 4.74 Å². The van der Waals surface area contributed by atoms with Crippen molar-refractivity contribution in [3.8, 4) is 5.69 Å². The number of nitrogens with zero attached hydrogens (tertiary/aromatic N) is 3. The van der Waals surface area contributed by atoms with Crippen LogP contribution in [0.1, 0.15) is 37.9 Å². The highest BCUT2D eigenvalue weighted by Crippen LogP contribution is 2.33. The van der Waals surface area contributed by atoms with Crippen LogP contribution in [-0.2, 0) is 11.2 Å². The summed E-state index contributed by atoms with van der Waals surface area (Å²) in [6.45, 7) is 7.24. The molecule has 1 saturated heterocycles. The highest BCUT2D eigenvalue weighted by molar-refractivity contribution is 6.42. The lowest BCUT2D eigenvalue weighted by Gasteiger charge is -2.34. The molecule has 2 aromatic rings. The van der Waals surface area contributed by atoms with E-state index in [1.807, 2.05) is 29.1 Å². The number of benzene rings is 1. The molecule has 144 valence electrons. The van der Waals surface area contributed by atoms with Gasteiger partial charge in [0.15, 0.2) is 0 Å². The summed E-state index contributed by atoms with van der Waals surface area (Å²) in [5.41, 5.74) is 4.88. The maximum Gasteiger partial charge on any atom is 0.0678 e. The number of hydrogen-bond donors (Lipinski definition) is 0. The minimum Gasteiger partial charge on any atom is -0.373 e. The topological polar surface area (TPSA) is 30.3 Å². The Labute approximate surface area is 170 Å². The highest BCUT2D eigenvalue weighted by Gasteiger charge is 2.23. The van der Waals surface area contributed by atoms with Crippen LogP contribution in [0.25, 0.3) is 11.3 Å². The zero-order valence-corrected chi connectivity index (χ0v) is 17.3. The van der Waals surface area contributed by atoms with Crippen molar-refractivity contribution < 1.29 is 4.74 Å². The third kappa shape index (κ3) is 4.09. The predicted octanol–water partition coefficient (Wildman–Crippen LogP) is 5.01. The van der Waals surface area contributed by atoms with Crippen LogP contribution in [0.3, 0.4) is 0 Å². The van der Waals surface area contributed by atoms with Crippen LogP contribution in [0, 0.1) is 0 Å². The van der Waals surface area contributed by atoms with E-state index in [9.17, 15) is 0 Å². The minimum absolute atomic E-state index is 0.298. The lowest BCUT2D eigenvalue weighted by Crippen LogP contribution is -2.45. The molecule has 6 heteroatoms. The van der Waals surface area contributed by atoms with E-state index in [2.05, 4.69) is 29.9 Å². The van der Waals surface area contributed by atoms with Crippen molar-refractivity contribution in [2.24, 2.45) is 0 Å². The van der Waals surface area contributed by atoms with Crippen LogP contribution >= 0.6 is 23.2 Å². The number of hydrogen-bond acceptors (Lipinski definition) is 3. The molecular weight excluding hydrogens is 381 g/mol. The molecule has 2 heterocycles. The van der Waals surface area contributed by atoms with E-state index in [1.165, 1.54) is 16.8 Å². The standard InChI is InChI=1S/C21H25Cl2N3O/c1-14-12-25(13-15(2)27-14)9-8-16-4-3-5-21-18(16)11-24-26(21)17-6-7-19(22)20(23)10-17/h6-8,10-11,14-15H,3-5,9,12-13H2,1-2H3/b16-8+/t14-,15+. The van der Waals surface area contributed by atoms with E-state index in [1.54, 1.807) is 0 Å². The van der Waals surface area contributed by atoms with Crippen LogP contribution in [0.4, 0.5) is 0 Å². The molecular formula is C21H25Cl2N3O. The van der Waals surface area contributed by atoms with Gasteiger partial charge in [0.05, 0.1) is 39.8 Å². The first-order chi connectivity index (χ1) is 13.0. The van der Waals surface area contributed by atoms with Gasteiger partial charge in [0.2, 0.25) is 0 Å². The molecule has 2 atom stereocenters. The van der Waals surface area contributed by atoms with Crippen molar-refractivity contribution in [2.45, 2.75) is 45.3 Å². The fraction of sp³-hybridized carbons (Fsp3) is 0.476. The molecule has 27 heavy (non-hydrogen) atoms. The van der Waals surface area contributed by atoms with Gasteiger partial charge in [-0.1, -0.05) is 29.3 Å². The van der Waals surface area contributed by atoms with Crippen LogP contribution in [0.2, 0.25) is 10.0 Å². The number of halogens is 2. The Morgan fingerprint density at radius 2 is 1.93 bits per heavy atom. The van der Waals surface area contributed by atoms with Crippen molar-refractivity contribution in [1.29, 1.82) is 0 Å². The van der Waals surface area contributed by atoms with Gasteiger partial charge in [-0.05, 0) is 56.9 Å². The summed E-state index contributed by atoms with van der Waals surface area (Å²) in [6, 6.07) is 5.68. The molecule has 4 rings (SSSR count). The average molecular weight is 406 g/mol.